The van der Waals surface area contributed by atoms with Crippen molar-refractivity contribution < 1.29 is 4.79 Å². The monoisotopic (exact) mass is 304 g/mol. The maximum absolute atomic E-state index is 12.0. The van der Waals surface area contributed by atoms with E-state index >= 15 is 0 Å². The molecule has 0 radical (unpaired) electrons. The van der Waals surface area contributed by atoms with Crippen LogP contribution in [0.5, 0.6) is 0 Å². The van der Waals surface area contributed by atoms with Crippen molar-refractivity contribution in [2.75, 3.05) is 0 Å². The molecule has 0 saturated carbocycles. The Morgan fingerprint density at radius 1 is 0.913 bits per heavy atom. The molecule has 3 aromatic rings. The number of nitrogens with one attached hydrogen (secondary N) is 2. The molecule has 0 aliphatic heterocycles. The molecule has 0 aliphatic carbocycles. The van der Waals surface area contributed by atoms with Gasteiger partial charge in [0.05, 0.1) is 0 Å². The average Bonchev–Trinajstić information content (AvgIpc) is 2.61. The van der Waals surface area contributed by atoms with Crippen LogP contribution in [0.25, 0.3) is 11.1 Å². The van der Waals surface area contributed by atoms with Crippen LogP contribution in [0.1, 0.15) is 15.9 Å². The molecule has 0 bridgehead atoms. The van der Waals surface area contributed by atoms with E-state index in [4.69, 9.17) is 0 Å². The molecule has 4 heteroatoms. The second-order valence-corrected chi connectivity index (χ2v) is 5.19. The fourth-order valence-electron chi connectivity index (χ4n) is 2.31. The minimum atomic E-state index is -0.123. The second kappa shape index (κ2) is 6.75. The van der Waals surface area contributed by atoms with E-state index in [1.165, 1.54) is 0 Å². The minimum Gasteiger partial charge on any atom is -0.348 e. The van der Waals surface area contributed by atoms with Crippen LogP contribution in [-0.2, 0) is 6.54 Å². The molecule has 114 valence electrons. The van der Waals surface area contributed by atoms with Gasteiger partial charge in [0.25, 0.3) is 5.91 Å². The predicted octanol–water partition coefficient (Wildman–Crippen LogP) is 2.97. The van der Waals surface area contributed by atoms with Gasteiger partial charge in [-0.15, -0.1) is 0 Å². The van der Waals surface area contributed by atoms with Crippen LogP contribution in [0, 0.1) is 0 Å². The Morgan fingerprint density at radius 2 is 1.65 bits per heavy atom. The molecule has 4 nitrogen and oxygen atoms in total. The lowest BCUT2D eigenvalue weighted by atomic mass is 10.1. The molecule has 0 aliphatic rings. The van der Waals surface area contributed by atoms with E-state index in [-0.39, 0.29) is 11.5 Å². The Hall–Kier alpha value is -3.14. The number of carbonyl (C=O) groups excluding carboxylic acids is 1. The zero-order valence-electron chi connectivity index (χ0n) is 12.5. The third-order valence-corrected chi connectivity index (χ3v) is 3.55. The number of pyridine rings is 1. The summed E-state index contributed by atoms with van der Waals surface area (Å²) >= 11 is 0. The van der Waals surface area contributed by atoms with Gasteiger partial charge >= 0.3 is 0 Å². The van der Waals surface area contributed by atoms with Crippen LogP contribution >= 0.6 is 0 Å². The number of carbonyl (C=O) groups is 1. The number of hydrogen-bond acceptors (Lipinski definition) is 2. The number of H-pyrrole nitrogens is 1. The topological polar surface area (TPSA) is 62.0 Å². The first-order valence-corrected chi connectivity index (χ1v) is 7.34. The summed E-state index contributed by atoms with van der Waals surface area (Å²) in [4.78, 5) is 25.9. The quantitative estimate of drug-likeness (QED) is 0.778. The fraction of sp³-hybridized carbons (Fsp3) is 0.0526. The van der Waals surface area contributed by atoms with Gasteiger partial charge < -0.3 is 10.3 Å². The van der Waals surface area contributed by atoms with Crippen molar-refractivity contribution in [3.05, 3.63) is 94.4 Å². The molecule has 0 spiro atoms. The second-order valence-electron chi connectivity index (χ2n) is 5.19. The normalized spacial score (nSPS) is 10.3. The predicted molar refractivity (Wildman–Crippen MR) is 90.1 cm³/mol. The molecule has 2 N–H and O–H groups in total. The van der Waals surface area contributed by atoms with Crippen molar-refractivity contribution in [3.63, 3.8) is 0 Å². The number of aromatic nitrogens is 1. The molecule has 0 saturated heterocycles. The van der Waals surface area contributed by atoms with Crippen LogP contribution in [0.4, 0.5) is 0 Å². The Bertz CT molecular complexity index is 852. The van der Waals surface area contributed by atoms with Gasteiger partial charge in [-0.25, -0.2) is 0 Å². The number of aromatic amines is 1. The largest absolute Gasteiger partial charge is 0.348 e. The van der Waals surface area contributed by atoms with Crippen molar-refractivity contribution in [2.45, 2.75) is 6.54 Å². The summed E-state index contributed by atoms with van der Waals surface area (Å²) in [5, 5.41) is 2.89. The maximum Gasteiger partial charge on any atom is 0.251 e. The number of rotatable bonds is 4. The number of benzene rings is 2. The van der Waals surface area contributed by atoms with Gasteiger partial charge in [0, 0.05) is 24.4 Å². The highest BCUT2D eigenvalue weighted by Gasteiger charge is 2.04. The summed E-state index contributed by atoms with van der Waals surface area (Å²) in [5.41, 5.74) is 3.36. The van der Waals surface area contributed by atoms with Crippen LogP contribution < -0.4 is 10.9 Å². The lowest BCUT2D eigenvalue weighted by Crippen LogP contribution is -2.22. The fourth-order valence-corrected chi connectivity index (χ4v) is 2.31. The van der Waals surface area contributed by atoms with Crippen LogP contribution in [0.2, 0.25) is 0 Å². The number of hydrogen-bond donors (Lipinski definition) is 2. The Morgan fingerprint density at radius 3 is 2.35 bits per heavy atom. The highest BCUT2D eigenvalue weighted by Crippen LogP contribution is 2.17. The van der Waals surface area contributed by atoms with E-state index in [0.29, 0.717) is 12.1 Å². The SMILES string of the molecule is O=C(NCc1ccc(-c2cc[nH]c(=O)c2)cc1)c1ccccc1. The van der Waals surface area contributed by atoms with E-state index in [0.717, 1.165) is 16.7 Å². The molecular formula is C19H16N2O2. The van der Waals surface area contributed by atoms with Gasteiger partial charge in [-0.3, -0.25) is 9.59 Å². The third kappa shape index (κ3) is 3.74. The standard InChI is InChI=1S/C19H16N2O2/c22-18-12-17(10-11-20-18)15-8-6-14(7-9-15)13-21-19(23)16-4-2-1-3-5-16/h1-12H,13H2,(H,20,22)(H,21,23). The van der Waals surface area contributed by atoms with Gasteiger partial charge in [0.1, 0.15) is 0 Å². The van der Waals surface area contributed by atoms with Crippen molar-refractivity contribution in [2.24, 2.45) is 0 Å². The van der Waals surface area contributed by atoms with Gasteiger partial charge in [-0.05, 0) is 34.9 Å². The Kier molecular flexibility index (Phi) is 4.34. The average molecular weight is 304 g/mol. The molecule has 0 unspecified atom stereocenters. The molecule has 23 heavy (non-hydrogen) atoms. The summed E-state index contributed by atoms with van der Waals surface area (Å²) in [7, 11) is 0. The molecule has 1 aromatic heterocycles. The van der Waals surface area contributed by atoms with Crippen molar-refractivity contribution >= 4 is 5.91 Å². The molecule has 1 heterocycles. The summed E-state index contributed by atoms with van der Waals surface area (Å²) in [5.74, 6) is -0.0933. The van der Waals surface area contributed by atoms with E-state index in [1.807, 2.05) is 48.5 Å². The summed E-state index contributed by atoms with van der Waals surface area (Å²) < 4.78 is 0. The smallest absolute Gasteiger partial charge is 0.251 e. The van der Waals surface area contributed by atoms with Crippen LogP contribution in [-0.4, -0.2) is 10.9 Å². The Labute approximate surface area is 133 Å². The van der Waals surface area contributed by atoms with E-state index in [1.54, 1.807) is 24.4 Å². The minimum absolute atomic E-state index is 0.0933. The molecular weight excluding hydrogens is 288 g/mol. The lowest BCUT2D eigenvalue weighted by Gasteiger charge is -2.07. The zero-order valence-corrected chi connectivity index (χ0v) is 12.5. The van der Waals surface area contributed by atoms with Gasteiger partial charge in [0.2, 0.25) is 5.56 Å². The summed E-state index contributed by atoms with van der Waals surface area (Å²) in [6.45, 7) is 0.462. The van der Waals surface area contributed by atoms with Crippen molar-refractivity contribution in [1.82, 2.24) is 10.3 Å². The zero-order chi connectivity index (χ0) is 16.1. The first-order valence-electron chi connectivity index (χ1n) is 7.34. The third-order valence-electron chi connectivity index (χ3n) is 3.55. The van der Waals surface area contributed by atoms with Crippen molar-refractivity contribution in [3.8, 4) is 11.1 Å². The van der Waals surface area contributed by atoms with Gasteiger partial charge in [-0.2, -0.15) is 0 Å². The molecule has 1 amide bonds. The highest BCUT2D eigenvalue weighted by molar-refractivity contribution is 5.94. The summed E-state index contributed by atoms with van der Waals surface area (Å²) in [6, 6.07) is 20.3. The first-order chi connectivity index (χ1) is 11.2. The first kappa shape index (κ1) is 14.8. The highest BCUT2D eigenvalue weighted by atomic mass is 16.1. The van der Waals surface area contributed by atoms with E-state index in [2.05, 4.69) is 10.3 Å². The lowest BCUT2D eigenvalue weighted by molar-refractivity contribution is 0.0951. The molecule has 3 rings (SSSR count). The summed E-state index contributed by atoms with van der Waals surface area (Å²) in [6.07, 6.45) is 1.63. The van der Waals surface area contributed by atoms with E-state index in [9.17, 15) is 9.59 Å². The van der Waals surface area contributed by atoms with Crippen molar-refractivity contribution in [1.29, 1.82) is 0 Å². The maximum atomic E-state index is 12.0. The van der Waals surface area contributed by atoms with E-state index < -0.39 is 0 Å². The van der Waals surface area contributed by atoms with Crippen LogP contribution in [0.15, 0.2) is 77.7 Å². The molecule has 0 atom stereocenters. The van der Waals surface area contributed by atoms with Gasteiger partial charge in [0.15, 0.2) is 0 Å². The van der Waals surface area contributed by atoms with Gasteiger partial charge in [-0.1, -0.05) is 42.5 Å². The molecule has 0 fully saturated rings. The number of amides is 1. The van der Waals surface area contributed by atoms with Crippen LogP contribution in [0.3, 0.4) is 0 Å². The Balaban J connectivity index is 1.66. The molecule has 2 aromatic carbocycles.